The minimum absolute atomic E-state index is 0. The number of nitrogens with one attached hydrogen (secondary N) is 1. The van der Waals surface area contributed by atoms with Gasteiger partial charge in [0.05, 0.1) is 5.41 Å². The zero-order valence-electron chi connectivity index (χ0n) is 13.4. The summed E-state index contributed by atoms with van der Waals surface area (Å²) in [6, 6.07) is 0. The number of carbonyl (C=O) groups is 1. The maximum atomic E-state index is 12.7. The Morgan fingerprint density at radius 3 is 2.36 bits per heavy atom. The van der Waals surface area contributed by atoms with Gasteiger partial charge in [0.25, 0.3) is 0 Å². The molecule has 0 bridgehead atoms. The largest absolute Gasteiger partial charge is 0.348 e. The van der Waals surface area contributed by atoms with Crippen molar-refractivity contribution in [3.63, 3.8) is 0 Å². The Balaban J connectivity index is 0.00000220. The first kappa shape index (κ1) is 21.2. The number of rotatable bonds is 5. The van der Waals surface area contributed by atoms with Crippen LogP contribution in [-0.4, -0.2) is 40.4 Å². The third-order valence-corrected chi connectivity index (χ3v) is 4.89. The van der Waals surface area contributed by atoms with Gasteiger partial charge in [-0.2, -0.15) is 0 Å². The topological polar surface area (TPSA) is 75.0 Å². The fraction of sp³-hybridized carbons (Fsp3) is 0.733. The van der Waals surface area contributed by atoms with Gasteiger partial charge < -0.3 is 15.6 Å². The van der Waals surface area contributed by atoms with E-state index in [-0.39, 0.29) is 36.1 Å². The number of nitrogens with zero attached hydrogens (tertiary/aromatic N) is 2. The van der Waals surface area contributed by atoms with Crippen LogP contribution in [0.3, 0.4) is 0 Å². The Hall–Kier alpha value is -0.780. The van der Waals surface area contributed by atoms with Gasteiger partial charge in [-0.1, -0.05) is 13.8 Å². The third-order valence-electron chi connectivity index (χ3n) is 4.89. The van der Waals surface area contributed by atoms with Crippen molar-refractivity contribution in [2.75, 3.05) is 19.6 Å². The lowest BCUT2D eigenvalue weighted by Gasteiger charge is -2.38. The van der Waals surface area contributed by atoms with Crippen molar-refractivity contribution in [3.05, 3.63) is 18.2 Å². The van der Waals surface area contributed by atoms with E-state index in [1.807, 2.05) is 11.1 Å². The molecule has 0 aliphatic carbocycles. The van der Waals surface area contributed by atoms with Gasteiger partial charge in [0.15, 0.2) is 0 Å². The number of hydrogen-bond donors (Lipinski definition) is 2. The zero-order valence-corrected chi connectivity index (χ0v) is 15.0. The van der Waals surface area contributed by atoms with E-state index in [1.165, 1.54) is 0 Å². The first-order chi connectivity index (χ1) is 9.66. The van der Waals surface area contributed by atoms with Crippen LogP contribution in [0.1, 0.15) is 51.3 Å². The molecule has 0 aromatic carbocycles. The molecule has 1 aromatic rings. The smallest absolute Gasteiger partial charge is 0.230 e. The molecule has 1 amide bonds. The van der Waals surface area contributed by atoms with Gasteiger partial charge in [-0.3, -0.25) is 4.79 Å². The molecule has 3 N–H and O–H groups in total. The molecule has 0 saturated carbocycles. The molecule has 0 spiro atoms. The second kappa shape index (κ2) is 9.38. The number of carbonyl (C=O) groups excluding carboxylic acids is 1. The van der Waals surface area contributed by atoms with Crippen LogP contribution in [0.2, 0.25) is 0 Å². The lowest BCUT2D eigenvalue weighted by atomic mass is 9.80. The van der Waals surface area contributed by atoms with Gasteiger partial charge in [0, 0.05) is 37.9 Å². The van der Waals surface area contributed by atoms with E-state index in [1.54, 1.807) is 6.20 Å². The van der Waals surface area contributed by atoms with Gasteiger partial charge in [-0.05, 0) is 25.7 Å². The molecule has 22 heavy (non-hydrogen) atoms. The van der Waals surface area contributed by atoms with Crippen molar-refractivity contribution in [2.24, 2.45) is 11.1 Å². The molecule has 0 unspecified atom stereocenters. The number of nitrogens with two attached hydrogens (primary N) is 1. The third kappa shape index (κ3) is 4.15. The summed E-state index contributed by atoms with van der Waals surface area (Å²) in [5, 5.41) is 0. The molecule has 0 radical (unpaired) electrons. The summed E-state index contributed by atoms with van der Waals surface area (Å²) in [6.07, 6.45) is 7.25. The van der Waals surface area contributed by atoms with Crippen LogP contribution in [0.5, 0.6) is 0 Å². The number of piperidine rings is 1. The fourth-order valence-corrected chi connectivity index (χ4v) is 3.12. The second-order valence-electron chi connectivity index (χ2n) is 5.73. The minimum Gasteiger partial charge on any atom is -0.348 e. The molecule has 1 fully saturated rings. The number of likely N-dealkylation sites (tertiary alicyclic amines) is 1. The second-order valence-corrected chi connectivity index (χ2v) is 5.73. The molecule has 2 rings (SSSR count). The van der Waals surface area contributed by atoms with Crippen LogP contribution in [0.25, 0.3) is 0 Å². The number of imidazole rings is 1. The number of amides is 1. The predicted molar refractivity (Wildman–Crippen MR) is 93.7 cm³/mol. The van der Waals surface area contributed by atoms with Gasteiger partial charge >= 0.3 is 0 Å². The zero-order chi connectivity index (χ0) is 14.6. The Bertz CT molecular complexity index is 418. The summed E-state index contributed by atoms with van der Waals surface area (Å²) in [4.78, 5) is 22.2. The van der Waals surface area contributed by atoms with E-state index in [0.29, 0.717) is 12.5 Å². The van der Waals surface area contributed by atoms with Crippen molar-refractivity contribution >= 4 is 30.7 Å². The van der Waals surface area contributed by atoms with Gasteiger partial charge in [0.1, 0.15) is 5.82 Å². The fourth-order valence-electron chi connectivity index (χ4n) is 3.12. The quantitative estimate of drug-likeness (QED) is 0.857. The van der Waals surface area contributed by atoms with E-state index in [2.05, 4.69) is 23.8 Å². The highest BCUT2D eigenvalue weighted by molar-refractivity contribution is 5.85. The van der Waals surface area contributed by atoms with Crippen molar-refractivity contribution in [1.82, 2.24) is 14.9 Å². The van der Waals surface area contributed by atoms with E-state index in [4.69, 9.17) is 5.73 Å². The highest BCUT2D eigenvalue weighted by atomic mass is 35.5. The minimum atomic E-state index is -0.364. The predicted octanol–water partition coefficient (Wildman–Crippen LogP) is 2.72. The van der Waals surface area contributed by atoms with Crippen molar-refractivity contribution in [2.45, 2.75) is 45.4 Å². The van der Waals surface area contributed by atoms with Crippen molar-refractivity contribution < 1.29 is 4.79 Å². The molecular weight excluding hydrogens is 323 g/mol. The highest BCUT2D eigenvalue weighted by Crippen LogP contribution is 2.32. The Morgan fingerprint density at radius 2 is 1.95 bits per heavy atom. The maximum absolute atomic E-state index is 12.7. The molecule has 7 heteroatoms. The SMILES string of the molecule is CCC(CC)(CN)C(=O)N1CCC(c2ncc[nH]2)CC1.Cl.Cl. The van der Waals surface area contributed by atoms with Crippen LogP contribution >= 0.6 is 24.8 Å². The molecule has 1 aliphatic rings. The Labute approximate surface area is 145 Å². The first-order valence-corrected chi connectivity index (χ1v) is 7.65. The average Bonchev–Trinajstić information content (AvgIpc) is 3.04. The van der Waals surface area contributed by atoms with E-state index in [9.17, 15) is 4.79 Å². The van der Waals surface area contributed by atoms with Crippen LogP contribution in [0.15, 0.2) is 12.4 Å². The van der Waals surface area contributed by atoms with Crippen LogP contribution < -0.4 is 5.73 Å². The lowest BCUT2D eigenvalue weighted by molar-refractivity contribution is -0.143. The maximum Gasteiger partial charge on any atom is 0.230 e. The summed E-state index contributed by atoms with van der Waals surface area (Å²) in [5.41, 5.74) is 5.51. The summed E-state index contributed by atoms with van der Waals surface area (Å²) < 4.78 is 0. The van der Waals surface area contributed by atoms with E-state index in [0.717, 1.165) is 44.6 Å². The van der Waals surface area contributed by atoms with Crippen LogP contribution in [-0.2, 0) is 4.79 Å². The number of aromatic amines is 1. The molecule has 1 aromatic heterocycles. The van der Waals surface area contributed by atoms with Gasteiger partial charge in [-0.15, -0.1) is 24.8 Å². The number of H-pyrrole nitrogens is 1. The van der Waals surface area contributed by atoms with Crippen LogP contribution in [0.4, 0.5) is 0 Å². The van der Waals surface area contributed by atoms with Crippen LogP contribution in [0, 0.1) is 5.41 Å². The Morgan fingerprint density at radius 1 is 1.36 bits per heavy atom. The summed E-state index contributed by atoms with van der Waals surface area (Å²) in [5.74, 6) is 1.74. The van der Waals surface area contributed by atoms with Crippen molar-refractivity contribution in [1.29, 1.82) is 0 Å². The molecule has 1 aliphatic heterocycles. The number of aromatic nitrogens is 2. The molecule has 1 saturated heterocycles. The molecule has 0 atom stereocenters. The van der Waals surface area contributed by atoms with Crippen molar-refractivity contribution in [3.8, 4) is 0 Å². The first-order valence-electron chi connectivity index (χ1n) is 7.65. The monoisotopic (exact) mass is 350 g/mol. The number of hydrogen-bond acceptors (Lipinski definition) is 3. The molecule has 2 heterocycles. The van der Waals surface area contributed by atoms with Gasteiger partial charge in [0.2, 0.25) is 5.91 Å². The highest BCUT2D eigenvalue weighted by Gasteiger charge is 2.38. The normalized spacial score (nSPS) is 15.9. The average molecular weight is 351 g/mol. The standard InChI is InChI=1S/C15H26N4O.2ClH/c1-3-15(4-2,11-16)14(20)19-9-5-12(6-10-19)13-17-7-8-18-13;;/h7-8,12H,3-6,9-11,16H2,1-2H3,(H,17,18);2*1H. The summed E-state index contributed by atoms with van der Waals surface area (Å²) in [6.45, 7) is 6.18. The molecule has 5 nitrogen and oxygen atoms in total. The number of halogens is 2. The lowest BCUT2D eigenvalue weighted by Crippen LogP contribution is -2.49. The van der Waals surface area contributed by atoms with E-state index >= 15 is 0 Å². The van der Waals surface area contributed by atoms with Gasteiger partial charge in [-0.25, -0.2) is 4.98 Å². The molecular formula is C15H28Cl2N4O. The Kier molecular flexibility index (Phi) is 9.05. The summed E-state index contributed by atoms with van der Waals surface area (Å²) >= 11 is 0. The molecule has 128 valence electrons. The summed E-state index contributed by atoms with van der Waals surface area (Å²) in [7, 11) is 0. The van der Waals surface area contributed by atoms with E-state index < -0.39 is 0 Å².